The average Bonchev–Trinajstić information content (AvgIpc) is 3.34. The Bertz CT molecular complexity index is 2130. The van der Waals surface area contributed by atoms with E-state index >= 15 is 0 Å². The highest BCUT2D eigenvalue weighted by Crippen LogP contribution is 2.49. The van der Waals surface area contributed by atoms with Gasteiger partial charge >= 0.3 is 0 Å². The number of fused-ring (bicyclic) bond motifs is 3. The van der Waals surface area contributed by atoms with Crippen molar-refractivity contribution >= 4 is 0 Å². The predicted molar refractivity (Wildman–Crippen MR) is 185 cm³/mol. The Hall–Kier alpha value is -5.67. The second-order valence-electron chi connectivity index (χ2n) is 12.1. The standard InChI is InChI=1S/C42H31N3/c1-42(2)37-22-10-9-21-35(37)36-24-23-33(27-38(36)42)31-18-11-17-30(25-31)32-19-12-20-34(26-32)41-44-39(28-13-5-3-6-14-28)43-40(45-41)29-15-7-4-8-16-29/h3-27H,1-2H3. The highest BCUT2D eigenvalue weighted by atomic mass is 15.0. The molecule has 0 unspecified atom stereocenters. The Balaban J connectivity index is 1.18. The largest absolute Gasteiger partial charge is 0.208 e. The Labute approximate surface area is 264 Å². The fourth-order valence-electron chi connectivity index (χ4n) is 6.54. The van der Waals surface area contributed by atoms with Gasteiger partial charge in [0.25, 0.3) is 0 Å². The van der Waals surface area contributed by atoms with Gasteiger partial charge < -0.3 is 0 Å². The van der Waals surface area contributed by atoms with Crippen LogP contribution in [0.25, 0.3) is 67.5 Å². The molecule has 1 aliphatic carbocycles. The molecule has 8 rings (SSSR count). The summed E-state index contributed by atoms with van der Waals surface area (Å²) in [5.74, 6) is 1.98. The molecule has 0 amide bonds. The zero-order valence-corrected chi connectivity index (χ0v) is 25.3. The second kappa shape index (κ2) is 10.8. The molecule has 0 saturated carbocycles. The highest BCUT2D eigenvalue weighted by Gasteiger charge is 2.35. The van der Waals surface area contributed by atoms with Crippen LogP contribution in [0.2, 0.25) is 0 Å². The van der Waals surface area contributed by atoms with Gasteiger partial charge in [0, 0.05) is 22.1 Å². The molecule has 0 spiro atoms. The molecule has 0 atom stereocenters. The first-order chi connectivity index (χ1) is 22.0. The molecule has 0 fully saturated rings. The number of hydrogen-bond acceptors (Lipinski definition) is 3. The van der Waals surface area contributed by atoms with Crippen molar-refractivity contribution in [3.63, 3.8) is 0 Å². The summed E-state index contributed by atoms with van der Waals surface area (Å²) in [6, 6.07) is 53.2. The SMILES string of the molecule is CC1(C)c2ccccc2-c2ccc(-c3cccc(-c4cccc(-c5nc(-c6ccccc6)nc(-c6ccccc6)n5)c4)c3)cc21. The van der Waals surface area contributed by atoms with Crippen molar-refractivity contribution in [2.24, 2.45) is 0 Å². The van der Waals surface area contributed by atoms with Crippen molar-refractivity contribution in [3.05, 3.63) is 163 Å². The van der Waals surface area contributed by atoms with Crippen LogP contribution in [0.1, 0.15) is 25.0 Å². The van der Waals surface area contributed by atoms with Crippen molar-refractivity contribution in [1.29, 1.82) is 0 Å². The van der Waals surface area contributed by atoms with Crippen molar-refractivity contribution in [2.45, 2.75) is 19.3 Å². The second-order valence-corrected chi connectivity index (χ2v) is 12.1. The smallest absolute Gasteiger partial charge is 0.164 e. The lowest BCUT2D eigenvalue weighted by atomic mass is 9.81. The van der Waals surface area contributed by atoms with E-state index in [-0.39, 0.29) is 5.41 Å². The first-order valence-corrected chi connectivity index (χ1v) is 15.4. The lowest BCUT2D eigenvalue weighted by Gasteiger charge is -2.22. The van der Waals surface area contributed by atoms with Crippen molar-refractivity contribution in [1.82, 2.24) is 15.0 Å². The summed E-state index contributed by atoms with van der Waals surface area (Å²) in [6.45, 7) is 4.66. The monoisotopic (exact) mass is 577 g/mol. The van der Waals surface area contributed by atoms with Crippen LogP contribution in [-0.2, 0) is 5.41 Å². The molecule has 45 heavy (non-hydrogen) atoms. The summed E-state index contributed by atoms with van der Waals surface area (Å²) in [6.07, 6.45) is 0. The van der Waals surface area contributed by atoms with Crippen LogP contribution >= 0.6 is 0 Å². The van der Waals surface area contributed by atoms with E-state index in [1.165, 1.54) is 33.4 Å². The quantitative estimate of drug-likeness (QED) is 0.204. The van der Waals surface area contributed by atoms with Gasteiger partial charge in [-0.1, -0.05) is 147 Å². The normalized spacial score (nSPS) is 12.8. The summed E-state index contributed by atoms with van der Waals surface area (Å²) >= 11 is 0. The van der Waals surface area contributed by atoms with E-state index < -0.39 is 0 Å². The van der Waals surface area contributed by atoms with Gasteiger partial charge in [-0.3, -0.25) is 0 Å². The Morgan fingerprint density at radius 3 is 1.36 bits per heavy atom. The van der Waals surface area contributed by atoms with Crippen LogP contribution < -0.4 is 0 Å². The van der Waals surface area contributed by atoms with Crippen LogP contribution in [0, 0.1) is 0 Å². The molecule has 3 heteroatoms. The van der Waals surface area contributed by atoms with Gasteiger partial charge in [-0.25, -0.2) is 15.0 Å². The van der Waals surface area contributed by atoms with Crippen LogP contribution in [0.5, 0.6) is 0 Å². The molecule has 7 aromatic rings. The Morgan fingerprint density at radius 1 is 0.333 bits per heavy atom. The van der Waals surface area contributed by atoms with Crippen LogP contribution in [-0.4, -0.2) is 15.0 Å². The summed E-state index contributed by atoms with van der Waals surface area (Å²) in [5.41, 5.74) is 13.0. The first-order valence-electron chi connectivity index (χ1n) is 15.4. The minimum atomic E-state index is -0.0321. The summed E-state index contributed by atoms with van der Waals surface area (Å²) in [7, 11) is 0. The number of aromatic nitrogens is 3. The lowest BCUT2D eigenvalue weighted by molar-refractivity contribution is 0.660. The maximum Gasteiger partial charge on any atom is 0.164 e. The van der Waals surface area contributed by atoms with Crippen molar-refractivity contribution in [2.75, 3.05) is 0 Å². The molecule has 214 valence electrons. The molecule has 1 aromatic heterocycles. The van der Waals surface area contributed by atoms with Gasteiger partial charge in [0.1, 0.15) is 0 Å². The van der Waals surface area contributed by atoms with Gasteiger partial charge in [-0.2, -0.15) is 0 Å². The molecular weight excluding hydrogens is 546 g/mol. The number of nitrogens with zero attached hydrogens (tertiary/aromatic N) is 3. The Kier molecular flexibility index (Phi) is 6.46. The van der Waals surface area contributed by atoms with Crippen molar-refractivity contribution in [3.8, 4) is 67.5 Å². The van der Waals surface area contributed by atoms with E-state index in [1.807, 2.05) is 60.7 Å². The molecule has 6 aromatic carbocycles. The van der Waals surface area contributed by atoms with E-state index in [2.05, 4.69) is 105 Å². The molecule has 0 radical (unpaired) electrons. The fraction of sp³-hybridized carbons (Fsp3) is 0.0714. The van der Waals surface area contributed by atoms with Gasteiger partial charge in [0.05, 0.1) is 0 Å². The number of rotatable bonds is 5. The summed E-state index contributed by atoms with van der Waals surface area (Å²) < 4.78 is 0. The number of hydrogen-bond donors (Lipinski definition) is 0. The highest BCUT2D eigenvalue weighted by molar-refractivity contribution is 5.84. The zero-order valence-electron chi connectivity index (χ0n) is 25.3. The molecule has 0 aliphatic heterocycles. The van der Waals surface area contributed by atoms with E-state index in [9.17, 15) is 0 Å². The molecule has 0 N–H and O–H groups in total. The number of benzene rings is 6. The lowest BCUT2D eigenvalue weighted by Crippen LogP contribution is -2.14. The van der Waals surface area contributed by atoms with Crippen LogP contribution in [0.3, 0.4) is 0 Å². The zero-order chi connectivity index (χ0) is 30.4. The summed E-state index contributed by atoms with van der Waals surface area (Å²) in [4.78, 5) is 14.7. The van der Waals surface area contributed by atoms with E-state index in [0.29, 0.717) is 17.5 Å². The van der Waals surface area contributed by atoms with Crippen molar-refractivity contribution < 1.29 is 0 Å². The molecule has 0 saturated heterocycles. The topological polar surface area (TPSA) is 38.7 Å². The first kappa shape index (κ1) is 26.9. The van der Waals surface area contributed by atoms with E-state index in [4.69, 9.17) is 15.0 Å². The van der Waals surface area contributed by atoms with Gasteiger partial charge in [0.2, 0.25) is 0 Å². The third-order valence-electron chi connectivity index (χ3n) is 8.93. The molecule has 1 aliphatic rings. The fourth-order valence-corrected chi connectivity index (χ4v) is 6.54. The molecule has 3 nitrogen and oxygen atoms in total. The van der Waals surface area contributed by atoms with Crippen LogP contribution in [0.15, 0.2) is 152 Å². The summed E-state index contributed by atoms with van der Waals surface area (Å²) in [5, 5.41) is 0. The minimum Gasteiger partial charge on any atom is -0.208 e. The maximum absolute atomic E-state index is 4.94. The van der Waals surface area contributed by atoms with E-state index in [0.717, 1.165) is 27.8 Å². The third-order valence-corrected chi connectivity index (χ3v) is 8.93. The minimum absolute atomic E-state index is 0.0321. The average molecular weight is 578 g/mol. The van der Waals surface area contributed by atoms with E-state index in [1.54, 1.807) is 0 Å². The van der Waals surface area contributed by atoms with Gasteiger partial charge in [-0.15, -0.1) is 0 Å². The predicted octanol–water partition coefficient (Wildman–Crippen LogP) is 10.5. The molecule has 0 bridgehead atoms. The molecular formula is C42H31N3. The molecule has 1 heterocycles. The third kappa shape index (κ3) is 4.83. The Morgan fingerprint density at radius 2 is 0.756 bits per heavy atom. The van der Waals surface area contributed by atoms with Crippen LogP contribution in [0.4, 0.5) is 0 Å². The van der Waals surface area contributed by atoms with Gasteiger partial charge in [0.15, 0.2) is 17.5 Å². The van der Waals surface area contributed by atoms with Gasteiger partial charge in [-0.05, 0) is 62.7 Å². The maximum atomic E-state index is 4.94.